The number of pyridine rings is 1. The van der Waals surface area contributed by atoms with Gasteiger partial charge in [-0.25, -0.2) is 9.18 Å². The molecule has 1 aromatic heterocycles. The number of hydrogen-bond donors (Lipinski definition) is 2. The lowest BCUT2D eigenvalue weighted by atomic mass is 10.1. The lowest BCUT2D eigenvalue weighted by molar-refractivity contribution is 0.201. The van der Waals surface area contributed by atoms with Crippen LogP contribution in [0.1, 0.15) is 36.7 Å². The first-order valence-corrected chi connectivity index (χ1v) is 8.06. The first-order valence-electron chi connectivity index (χ1n) is 8.06. The number of benzene rings is 1. The fourth-order valence-electron chi connectivity index (χ4n) is 3.39. The Morgan fingerprint density at radius 1 is 1.33 bits per heavy atom. The Kier molecular flexibility index (Phi) is 3.40. The zero-order valence-electron chi connectivity index (χ0n) is 13.2. The fourth-order valence-corrected chi connectivity index (χ4v) is 3.39. The summed E-state index contributed by atoms with van der Waals surface area (Å²) in [6.07, 6.45) is 0.0844. The summed E-state index contributed by atoms with van der Waals surface area (Å²) in [6, 6.07) is 9.85. The second-order valence-corrected chi connectivity index (χ2v) is 6.51. The highest BCUT2D eigenvalue weighted by Crippen LogP contribution is 2.53. The van der Waals surface area contributed by atoms with E-state index >= 15 is 0 Å². The number of fused-ring (bicyclic) bond motifs is 3. The molecule has 1 fully saturated rings. The number of nitrogens with zero attached hydrogens (tertiary/aromatic N) is 2. The van der Waals surface area contributed by atoms with Gasteiger partial charge in [0.1, 0.15) is 5.82 Å². The summed E-state index contributed by atoms with van der Waals surface area (Å²) < 4.78 is 13.0. The zero-order valence-corrected chi connectivity index (χ0v) is 13.2. The van der Waals surface area contributed by atoms with Gasteiger partial charge in [-0.2, -0.15) is 0 Å². The smallest absolute Gasteiger partial charge is 0.411 e. The van der Waals surface area contributed by atoms with Gasteiger partial charge in [-0.15, -0.1) is 0 Å². The van der Waals surface area contributed by atoms with E-state index in [1.807, 2.05) is 19.1 Å². The Bertz CT molecular complexity index is 793. The molecule has 5 nitrogen and oxygen atoms in total. The average Bonchev–Trinajstić information content (AvgIpc) is 3.35. The molecule has 0 spiro atoms. The highest BCUT2D eigenvalue weighted by molar-refractivity contribution is 5.88. The predicted octanol–water partition coefficient (Wildman–Crippen LogP) is 4.00. The van der Waals surface area contributed by atoms with E-state index in [4.69, 9.17) is 4.98 Å². The van der Waals surface area contributed by atoms with E-state index in [1.54, 1.807) is 12.1 Å². The van der Waals surface area contributed by atoms with Crippen molar-refractivity contribution in [1.29, 1.82) is 0 Å². The SMILES string of the molecule is C[C@@H](Nc1ccc(F)cc1)c1ccc2c(n1)[C@@H]1C[C@@H]1CN2C(=O)O. The van der Waals surface area contributed by atoms with Crippen LogP contribution in [0.25, 0.3) is 0 Å². The van der Waals surface area contributed by atoms with Crippen LogP contribution in [0.2, 0.25) is 0 Å². The van der Waals surface area contributed by atoms with E-state index in [9.17, 15) is 14.3 Å². The molecular weight excluding hydrogens is 309 g/mol. The number of carbonyl (C=O) groups is 1. The number of nitrogens with one attached hydrogen (secondary N) is 1. The van der Waals surface area contributed by atoms with Crippen LogP contribution in [0, 0.1) is 11.7 Å². The van der Waals surface area contributed by atoms with Gasteiger partial charge in [-0.05, 0) is 55.7 Å². The van der Waals surface area contributed by atoms with E-state index in [1.165, 1.54) is 17.0 Å². The third kappa shape index (κ3) is 2.58. The van der Waals surface area contributed by atoms with Crippen molar-refractivity contribution in [1.82, 2.24) is 4.98 Å². The zero-order chi connectivity index (χ0) is 16.8. The average molecular weight is 327 g/mol. The van der Waals surface area contributed by atoms with Gasteiger partial charge in [0, 0.05) is 18.2 Å². The highest BCUT2D eigenvalue weighted by atomic mass is 19.1. The predicted molar refractivity (Wildman–Crippen MR) is 88.9 cm³/mol. The minimum Gasteiger partial charge on any atom is -0.465 e. The molecule has 2 aromatic rings. The maximum atomic E-state index is 13.0. The topological polar surface area (TPSA) is 65.5 Å². The van der Waals surface area contributed by atoms with Crippen LogP contribution >= 0.6 is 0 Å². The van der Waals surface area contributed by atoms with E-state index in [0.717, 1.165) is 23.5 Å². The number of amides is 1. The van der Waals surface area contributed by atoms with Crippen molar-refractivity contribution in [3.8, 4) is 0 Å². The summed E-state index contributed by atoms with van der Waals surface area (Å²) in [6.45, 7) is 2.55. The quantitative estimate of drug-likeness (QED) is 0.894. The van der Waals surface area contributed by atoms with Crippen LogP contribution in [-0.4, -0.2) is 22.7 Å². The lowest BCUT2D eigenvalue weighted by Crippen LogP contribution is -2.35. The Balaban J connectivity index is 1.59. The number of anilines is 2. The second kappa shape index (κ2) is 5.47. The van der Waals surface area contributed by atoms with Crippen LogP contribution in [0.5, 0.6) is 0 Å². The molecule has 1 amide bonds. The molecule has 2 aliphatic rings. The molecule has 0 saturated heterocycles. The van der Waals surface area contributed by atoms with Gasteiger partial charge in [-0.1, -0.05) is 0 Å². The van der Waals surface area contributed by atoms with Gasteiger partial charge in [0.25, 0.3) is 0 Å². The van der Waals surface area contributed by atoms with Gasteiger partial charge >= 0.3 is 6.09 Å². The van der Waals surface area contributed by atoms with Crippen LogP contribution in [0.15, 0.2) is 36.4 Å². The summed E-state index contributed by atoms with van der Waals surface area (Å²) in [5.74, 6) is 0.513. The third-order valence-corrected chi connectivity index (χ3v) is 4.81. The van der Waals surface area contributed by atoms with Gasteiger partial charge < -0.3 is 10.4 Å². The number of aromatic nitrogens is 1. The van der Waals surface area contributed by atoms with Crippen molar-refractivity contribution in [2.75, 3.05) is 16.8 Å². The Morgan fingerprint density at radius 3 is 2.79 bits per heavy atom. The normalized spacial score (nSPS) is 22.3. The van der Waals surface area contributed by atoms with Gasteiger partial charge in [0.2, 0.25) is 0 Å². The number of halogens is 1. The summed E-state index contributed by atoms with van der Waals surface area (Å²) in [5, 5.41) is 12.7. The molecule has 1 aliphatic carbocycles. The van der Waals surface area contributed by atoms with Gasteiger partial charge in [-0.3, -0.25) is 9.88 Å². The molecular formula is C18H18FN3O2. The van der Waals surface area contributed by atoms with Crippen molar-refractivity contribution in [2.45, 2.75) is 25.3 Å². The van der Waals surface area contributed by atoms with Crippen molar-refractivity contribution >= 4 is 17.5 Å². The molecule has 0 bridgehead atoms. The fraction of sp³-hybridized carbons (Fsp3) is 0.333. The minimum absolute atomic E-state index is 0.0573. The maximum Gasteiger partial charge on any atom is 0.411 e. The van der Waals surface area contributed by atoms with Crippen LogP contribution in [-0.2, 0) is 0 Å². The lowest BCUT2D eigenvalue weighted by Gasteiger charge is -2.27. The molecule has 0 radical (unpaired) electrons. The van der Waals surface area contributed by atoms with Crippen LogP contribution in [0.3, 0.4) is 0 Å². The Morgan fingerprint density at radius 2 is 2.08 bits per heavy atom. The molecule has 6 heteroatoms. The van der Waals surface area contributed by atoms with Crippen molar-refractivity contribution in [3.63, 3.8) is 0 Å². The van der Waals surface area contributed by atoms with Crippen molar-refractivity contribution in [3.05, 3.63) is 53.6 Å². The van der Waals surface area contributed by atoms with E-state index in [0.29, 0.717) is 24.1 Å². The molecule has 4 rings (SSSR count). The van der Waals surface area contributed by atoms with Gasteiger partial charge in [0.15, 0.2) is 0 Å². The molecule has 124 valence electrons. The summed E-state index contributed by atoms with van der Waals surface area (Å²) >= 11 is 0. The third-order valence-electron chi connectivity index (χ3n) is 4.81. The first kappa shape index (κ1) is 14.9. The summed E-state index contributed by atoms with van der Waals surface area (Å²) in [7, 11) is 0. The molecule has 1 saturated carbocycles. The van der Waals surface area contributed by atoms with E-state index < -0.39 is 6.09 Å². The molecule has 3 atom stereocenters. The number of hydrogen-bond acceptors (Lipinski definition) is 3. The summed E-state index contributed by atoms with van der Waals surface area (Å²) in [4.78, 5) is 17.6. The standard InChI is InChI=1S/C18H18FN3O2/c1-10(20-13-4-2-12(19)3-5-13)15-6-7-16-17(21-15)14-8-11(14)9-22(16)18(23)24/h2-7,10-11,14,20H,8-9H2,1H3,(H,23,24)/t10-,11-,14-/m1/s1. The van der Waals surface area contributed by atoms with Crippen LogP contribution in [0.4, 0.5) is 20.6 Å². The molecule has 1 aromatic carbocycles. The summed E-state index contributed by atoms with van der Waals surface area (Å²) in [5.41, 5.74) is 3.27. The van der Waals surface area contributed by atoms with Crippen molar-refractivity contribution < 1.29 is 14.3 Å². The maximum absolute atomic E-state index is 13.0. The van der Waals surface area contributed by atoms with E-state index in [-0.39, 0.29) is 11.9 Å². The molecule has 2 N–H and O–H groups in total. The molecule has 2 heterocycles. The molecule has 24 heavy (non-hydrogen) atoms. The van der Waals surface area contributed by atoms with E-state index in [2.05, 4.69) is 5.32 Å². The largest absolute Gasteiger partial charge is 0.465 e. The Labute approximate surface area is 139 Å². The monoisotopic (exact) mass is 327 g/mol. The number of rotatable bonds is 3. The first-order chi connectivity index (χ1) is 11.5. The van der Waals surface area contributed by atoms with Crippen LogP contribution < -0.4 is 10.2 Å². The number of carboxylic acid groups (broad SMARTS) is 1. The minimum atomic E-state index is -0.923. The van der Waals surface area contributed by atoms with Gasteiger partial charge in [0.05, 0.1) is 23.1 Å². The second-order valence-electron chi connectivity index (χ2n) is 6.51. The molecule has 1 aliphatic heterocycles. The Hall–Kier alpha value is -2.63. The highest BCUT2D eigenvalue weighted by Gasteiger charge is 2.47. The molecule has 0 unspecified atom stereocenters. The van der Waals surface area contributed by atoms with Crippen molar-refractivity contribution in [2.24, 2.45) is 5.92 Å².